The molecule has 0 radical (unpaired) electrons. The lowest BCUT2D eigenvalue weighted by molar-refractivity contribution is -0.114. The van der Waals surface area contributed by atoms with Crippen molar-refractivity contribution in [3.05, 3.63) is 53.1 Å². The molecular formula is C19H23ClN2O2. The molecule has 0 fully saturated rings. The summed E-state index contributed by atoms with van der Waals surface area (Å²) in [4.78, 5) is 12.0. The molecule has 2 aromatic carbocycles. The van der Waals surface area contributed by atoms with Crippen LogP contribution in [0.5, 0.6) is 5.75 Å². The first-order valence-electron chi connectivity index (χ1n) is 8.04. The Labute approximate surface area is 148 Å². The van der Waals surface area contributed by atoms with Crippen LogP contribution >= 0.6 is 11.6 Å². The first kappa shape index (κ1) is 18.1. The molecular weight excluding hydrogens is 324 g/mol. The second kappa shape index (κ2) is 8.60. The Balaban J connectivity index is 1.84. The molecule has 1 amide bonds. The second-order valence-corrected chi connectivity index (χ2v) is 6.13. The highest BCUT2D eigenvalue weighted by molar-refractivity contribution is 6.31. The highest BCUT2D eigenvalue weighted by Crippen LogP contribution is 2.20. The maximum absolute atomic E-state index is 12.0. The third-order valence-corrected chi connectivity index (χ3v) is 4.08. The van der Waals surface area contributed by atoms with E-state index in [1.165, 1.54) is 0 Å². The van der Waals surface area contributed by atoms with Crippen LogP contribution in [0.2, 0.25) is 5.02 Å². The van der Waals surface area contributed by atoms with Gasteiger partial charge in [-0.25, -0.2) is 0 Å². The van der Waals surface area contributed by atoms with E-state index in [4.69, 9.17) is 16.3 Å². The Hall–Kier alpha value is -2.20. The van der Waals surface area contributed by atoms with Gasteiger partial charge in [0.2, 0.25) is 5.91 Å². The average Bonchev–Trinajstić information content (AvgIpc) is 2.57. The van der Waals surface area contributed by atoms with Crippen molar-refractivity contribution < 1.29 is 9.53 Å². The maximum Gasteiger partial charge on any atom is 0.243 e. The lowest BCUT2D eigenvalue weighted by atomic mass is 10.2. The molecule has 0 aliphatic heterocycles. The molecule has 128 valence electrons. The minimum absolute atomic E-state index is 0.130. The smallest absolute Gasteiger partial charge is 0.243 e. The number of amides is 1. The number of nitrogens with one attached hydrogen (secondary N) is 2. The number of rotatable bonds is 7. The molecule has 1 atom stereocenters. The Morgan fingerprint density at radius 2 is 1.83 bits per heavy atom. The van der Waals surface area contributed by atoms with Gasteiger partial charge in [0, 0.05) is 16.4 Å². The number of benzene rings is 2. The van der Waals surface area contributed by atoms with E-state index < -0.39 is 0 Å². The maximum atomic E-state index is 12.0. The first-order chi connectivity index (χ1) is 11.5. The van der Waals surface area contributed by atoms with E-state index in [-0.39, 0.29) is 18.6 Å². The van der Waals surface area contributed by atoms with Crippen LogP contribution in [0.1, 0.15) is 25.8 Å². The van der Waals surface area contributed by atoms with Crippen molar-refractivity contribution in [2.45, 2.75) is 33.3 Å². The highest BCUT2D eigenvalue weighted by Gasteiger charge is 2.05. The summed E-state index contributed by atoms with van der Waals surface area (Å²) in [5.41, 5.74) is 2.53. The number of hydrogen-bond acceptors (Lipinski definition) is 3. The predicted molar refractivity (Wildman–Crippen MR) is 100 cm³/mol. The van der Waals surface area contributed by atoms with Crippen molar-refractivity contribution in [3.8, 4) is 5.75 Å². The summed E-state index contributed by atoms with van der Waals surface area (Å²) in [5, 5.41) is 6.54. The summed E-state index contributed by atoms with van der Waals surface area (Å²) in [7, 11) is 0. The van der Waals surface area contributed by atoms with Crippen LogP contribution in [0, 0.1) is 6.92 Å². The molecule has 0 aromatic heterocycles. The molecule has 2 rings (SSSR count). The number of carbonyl (C=O) groups excluding carboxylic acids is 1. The minimum Gasteiger partial charge on any atom is -0.491 e. The molecule has 0 heterocycles. The van der Waals surface area contributed by atoms with Gasteiger partial charge in [-0.3, -0.25) is 4.79 Å². The van der Waals surface area contributed by atoms with Gasteiger partial charge in [-0.15, -0.1) is 0 Å². The fourth-order valence-electron chi connectivity index (χ4n) is 2.03. The molecule has 1 unspecified atom stereocenters. The average molecular weight is 347 g/mol. The van der Waals surface area contributed by atoms with Gasteiger partial charge in [0.05, 0.1) is 12.6 Å². The zero-order chi connectivity index (χ0) is 17.5. The number of anilines is 2. The highest BCUT2D eigenvalue weighted by atomic mass is 35.5. The van der Waals surface area contributed by atoms with Crippen LogP contribution in [0.4, 0.5) is 11.4 Å². The van der Waals surface area contributed by atoms with Crippen molar-refractivity contribution in [2.24, 2.45) is 0 Å². The van der Waals surface area contributed by atoms with Gasteiger partial charge in [-0.2, -0.15) is 0 Å². The van der Waals surface area contributed by atoms with Crippen molar-refractivity contribution in [3.63, 3.8) is 0 Å². The summed E-state index contributed by atoms with van der Waals surface area (Å²) in [5.74, 6) is 0.698. The second-order valence-electron chi connectivity index (χ2n) is 5.73. The molecule has 0 saturated heterocycles. The van der Waals surface area contributed by atoms with Crippen molar-refractivity contribution >= 4 is 28.9 Å². The van der Waals surface area contributed by atoms with Crippen molar-refractivity contribution in [1.29, 1.82) is 0 Å². The van der Waals surface area contributed by atoms with E-state index in [0.29, 0.717) is 10.7 Å². The van der Waals surface area contributed by atoms with Gasteiger partial charge in [0.15, 0.2) is 0 Å². The van der Waals surface area contributed by atoms with E-state index >= 15 is 0 Å². The SMILES string of the molecule is CCC(C)Oc1ccc(NCC(=O)Nc2ccc(C)c(Cl)c2)cc1. The van der Waals surface area contributed by atoms with Gasteiger partial charge in [-0.05, 0) is 62.2 Å². The number of aryl methyl sites for hydroxylation is 1. The molecule has 2 aromatic rings. The standard InChI is InChI=1S/C19H23ClN2O2/c1-4-14(3)24-17-9-7-15(8-10-17)21-12-19(23)22-16-6-5-13(2)18(20)11-16/h5-11,14,21H,4,12H2,1-3H3,(H,22,23). The first-order valence-corrected chi connectivity index (χ1v) is 8.42. The number of hydrogen-bond donors (Lipinski definition) is 2. The number of halogens is 1. The quantitative estimate of drug-likeness (QED) is 0.751. The van der Waals surface area contributed by atoms with E-state index in [2.05, 4.69) is 17.6 Å². The lowest BCUT2D eigenvalue weighted by Crippen LogP contribution is -2.21. The third kappa shape index (κ3) is 5.46. The fraction of sp³-hybridized carbons (Fsp3) is 0.316. The fourth-order valence-corrected chi connectivity index (χ4v) is 2.21. The minimum atomic E-state index is -0.130. The van der Waals surface area contributed by atoms with E-state index in [9.17, 15) is 4.79 Å². The molecule has 2 N–H and O–H groups in total. The monoisotopic (exact) mass is 346 g/mol. The van der Waals surface area contributed by atoms with Crippen LogP contribution in [0.3, 0.4) is 0 Å². The molecule has 0 bridgehead atoms. The van der Waals surface area contributed by atoms with Crippen molar-refractivity contribution in [2.75, 3.05) is 17.2 Å². The number of carbonyl (C=O) groups is 1. The van der Waals surface area contributed by atoms with Gasteiger partial charge in [0.25, 0.3) is 0 Å². The topological polar surface area (TPSA) is 50.4 Å². The summed E-state index contributed by atoms with van der Waals surface area (Å²) in [6.45, 7) is 6.22. The normalized spacial score (nSPS) is 11.7. The Morgan fingerprint density at radius 1 is 1.17 bits per heavy atom. The van der Waals surface area contributed by atoms with Gasteiger partial charge >= 0.3 is 0 Å². The molecule has 0 aliphatic carbocycles. The third-order valence-electron chi connectivity index (χ3n) is 3.68. The zero-order valence-corrected chi connectivity index (χ0v) is 15.0. The summed E-state index contributed by atoms with van der Waals surface area (Å²) in [6, 6.07) is 13.0. The Morgan fingerprint density at radius 3 is 2.46 bits per heavy atom. The largest absolute Gasteiger partial charge is 0.491 e. The predicted octanol–water partition coefficient (Wildman–Crippen LogP) is 4.88. The zero-order valence-electron chi connectivity index (χ0n) is 14.2. The van der Waals surface area contributed by atoms with Crippen LogP contribution in [-0.4, -0.2) is 18.6 Å². The molecule has 0 spiro atoms. The molecule has 4 nitrogen and oxygen atoms in total. The van der Waals surface area contributed by atoms with Crippen LogP contribution in [-0.2, 0) is 4.79 Å². The molecule has 0 saturated carbocycles. The molecule has 24 heavy (non-hydrogen) atoms. The molecule has 5 heteroatoms. The van der Waals surface area contributed by atoms with E-state index in [1.807, 2.05) is 50.2 Å². The van der Waals surface area contributed by atoms with E-state index in [1.54, 1.807) is 6.07 Å². The summed E-state index contributed by atoms with van der Waals surface area (Å²) in [6.07, 6.45) is 1.15. The Bertz CT molecular complexity index is 686. The van der Waals surface area contributed by atoms with Gasteiger partial charge < -0.3 is 15.4 Å². The summed E-state index contributed by atoms with van der Waals surface area (Å²) < 4.78 is 5.72. The van der Waals surface area contributed by atoms with Crippen LogP contribution < -0.4 is 15.4 Å². The van der Waals surface area contributed by atoms with Gasteiger partial charge in [0.1, 0.15) is 5.75 Å². The Kier molecular flexibility index (Phi) is 6.50. The van der Waals surface area contributed by atoms with Crippen molar-refractivity contribution in [1.82, 2.24) is 0 Å². The van der Waals surface area contributed by atoms with Gasteiger partial charge in [-0.1, -0.05) is 24.6 Å². The van der Waals surface area contributed by atoms with Crippen LogP contribution in [0.25, 0.3) is 0 Å². The molecule has 0 aliphatic rings. The van der Waals surface area contributed by atoms with Crippen LogP contribution in [0.15, 0.2) is 42.5 Å². The number of ether oxygens (including phenoxy) is 1. The summed E-state index contributed by atoms with van der Waals surface area (Å²) >= 11 is 6.05. The lowest BCUT2D eigenvalue weighted by Gasteiger charge is -2.13. The van der Waals surface area contributed by atoms with E-state index in [0.717, 1.165) is 23.4 Å².